The zero-order chi connectivity index (χ0) is 11.7. The Labute approximate surface area is 100 Å². The first-order valence-corrected chi connectivity index (χ1v) is 5.43. The first kappa shape index (κ1) is 11.1. The van der Waals surface area contributed by atoms with Crippen LogP contribution in [0.4, 0.5) is 4.39 Å². The minimum atomic E-state index is -0.322. The van der Waals surface area contributed by atoms with Crippen molar-refractivity contribution in [2.24, 2.45) is 0 Å². The van der Waals surface area contributed by atoms with Gasteiger partial charge in [-0.3, -0.25) is 4.79 Å². The molecule has 0 unspecified atom stereocenters. The summed E-state index contributed by atoms with van der Waals surface area (Å²) in [6, 6.07) is 7.45. The molecule has 0 amide bonds. The number of hydrogen-bond donors (Lipinski definition) is 0. The molecule has 0 N–H and O–H groups in total. The standard InChI is InChI=1S/C12H8BrFO2/c1-7-6-8(2-3-9(7)14)12(15)10-4-5-11(13)16-10/h2-6H,1H3. The fourth-order valence-electron chi connectivity index (χ4n) is 1.36. The summed E-state index contributed by atoms with van der Waals surface area (Å²) in [7, 11) is 0. The number of rotatable bonds is 2. The van der Waals surface area contributed by atoms with Crippen LogP contribution in [0.5, 0.6) is 0 Å². The van der Waals surface area contributed by atoms with Crippen molar-refractivity contribution < 1.29 is 13.6 Å². The van der Waals surface area contributed by atoms with Crippen LogP contribution in [0.1, 0.15) is 21.7 Å². The number of carbonyl (C=O) groups excluding carboxylic acids is 1. The lowest BCUT2D eigenvalue weighted by Crippen LogP contribution is -2.00. The summed E-state index contributed by atoms with van der Waals surface area (Å²) >= 11 is 3.12. The molecular formula is C12H8BrFO2. The predicted molar refractivity (Wildman–Crippen MR) is 61.0 cm³/mol. The van der Waals surface area contributed by atoms with Crippen molar-refractivity contribution in [1.29, 1.82) is 0 Å². The van der Waals surface area contributed by atoms with E-state index in [1.54, 1.807) is 19.1 Å². The van der Waals surface area contributed by atoms with Crippen LogP contribution >= 0.6 is 15.9 Å². The van der Waals surface area contributed by atoms with Gasteiger partial charge in [0.2, 0.25) is 5.78 Å². The lowest BCUT2D eigenvalue weighted by molar-refractivity contribution is 0.101. The highest BCUT2D eigenvalue weighted by Gasteiger charge is 2.14. The van der Waals surface area contributed by atoms with Crippen molar-refractivity contribution in [2.75, 3.05) is 0 Å². The number of hydrogen-bond acceptors (Lipinski definition) is 2. The Morgan fingerprint density at radius 2 is 2.06 bits per heavy atom. The zero-order valence-corrected chi connectivity index (χ0v) is 10.0. The van der Waals surface area contributed by atoms with E-state index in [4.69, 9.17) is 4.42 Å². The number of aryl methyl sites for hydroxylation is 1. The number of benzene rings is 1. The molecule has 0 aliphatic carbocycles. The fourth-order valence-corrected chi connectivity index (χ4v) is 1.67. The molecule has 2 rings (SSSR count). The third-order valence-electron chi connectivity index (χ3n) is 2.22. The van der Waals surface area contributed by atoms with Gasteiger partial charge >= 0.3 is 0 Å². The second kappa shape index (κ2) is 4.22. The fraction of sp³-hybridized carbons (Fsp3) is 0.0833. The average Bonchev–Trinajstić information content (AvgIpc) is 2.68. The molecule has 0 bridgehead atoms. The Morgan fingerprint density at radius 1 is 1.31 bits per heavy atom. The van der Waals surface area contributed by atoms with E-state index in [1.165, 1.54) is 18.2 Å². The number of halogens is 2. The summed E-state index contributed by atoms with van der Waals surface area (Å²) in [6.07, 6.45) is 0. The van der Waals surface area contributed by atoms with E-state index in [9.17, 15) is 9.18 Å². The third kappa shape index (κ3) is 2.07. The molecular weight excluding hydrogens is 275 g/mol. The Bertz CT molecular complexity index is 546. The van der Waals surface area contributed by atoms with E-state index in [0.29, 0.717) is 15.8 Å². The van der Waals surface area contributed by atoms with Crippen LogP contribution in [0.2, 0.25) is 0 Å². The van der Waals surface area contributed by atoms with Crippen LogP contribution in [0.25, 0.3) is 0 Å². The first-order valence-electron chi connectivity index (χ1n) is 4.64. The van der Waals surface area contributed by atoms with Gasteiger partial charge in [-0.25, -0.2) is 4.39 Å². The van der Waals surface area contributed by atoms with Crippen molar-refractivity contribution in [1.82, 2.24) is 0 Å². The molecule has 2 aromatic rings. The molecule has 0 atom stereocenters. The van der Waals surface area contributed by atoms with E-state index >= 15 is 0 Å². The van der Waals surface area contributed by atoms with Crippen LogP contribution in [-0.4, -0.2) is 5.78 Å². The molecule has 2 nitrogen and oxygen atoms in total. The second-order valence-electron chi connectivity index (χ2n) is 3.40. The summed E-state index contributed by atoms with van der Waals surface area (Å²) in [5, 5.41) is 0. The minimum Gasteiger partial charge on any atom is -0.446 e. The van der Waals surface area contributed by atoms with Crippen molar-refractivity contribution in [3.05, 3.63) is 57.7 Å². The normalized spacial score (nSPS) is 10.4. The molecule has 0 fully saturated rings. The maximum atomic E-state index is 13.0. The predicted octanol–water partition coefficient (Wildman–Crippen LogP) is 3.72. The van der Waals surface area contributed by atoms with Gasteiger partial charge in [0, 0.05) is 5.56 Å². The van der Waals surface area contributed by atoms with E-state index < -0.39 is 0 Å². The van der Waals surface area contributed by atoms with Gasteiger partial charge in [-0.1, -0.05) is 0 Å². The summed E-state index contributed by atoms with van der Waals surface area (Å²) in [6.45, 7) is 1.62. The van der Waals surface area contributed by atoms with Crippen LogP contribution in [0.15, 0.2) is 39.4 Å². The molecule has 1 heterocycles. The smallest absolute Gasteiger partial charge is 0.228 e. The van der Waals surface area contributed by atoms with Crippen molar-refractivity contribution in [3.8, 4) is 0 Å². The highest BCUT2D eigenvalue weighted by Crippen LogP contribution is 2.18. The number of ketones is 1. The maximum absolute atomic E-state index is 13.0. The quantitative estimate of drug-likeness (QED) is 0.786. The van der Waals surface area contributed by atoms with Gasteiger partial charge in [-0.05, 0) is 58.7 Å². The van der Waals surface area contributed by atoms with Crippen LogP contribution in [-0.2, 0) is 0 Å². The van der Waals surface area contributed by atoms with Crippen molar-refractivity contribution >= 4 is 21.7 Å². The summed E-state index contributed by atoms with van der Waals surface area (Å²) in [5.41, 5.74) is 0.859. The van der Waals surface area contributed by atoms with Gasteiger partial charge in [0.05, 0.1) is 0 Å². The summed E-state index contributed by atoms with van der Waals surface area (Å²) in [5.74, 6) is -0.344. The van der Waals surface area contributed by atoms with Crippen LogP contribution < -0.4 is 0 Å². The monoisotopic (exact) mass is 282 g/mol. The molecule has 1 aromatic carbocycles. The third-order valence-corrected chi connectivity index (χ3v) is 2.64. The molecule has 0 aliphatic rings. The molecule has 0 aliphatic heterocycles. The average molecular weight is 283 g/mol. The number of carbonyl (C=O) groups is 1. The highest BCUT2D eigenvalue weighted by atomic mass is 79.9. The van der Waals surface area contributed by atoms with E-state index in [1.807, 2.05) is 0 Å². The number of furan rings is 1. The Kier molecular flexibility index (Phi) is 2.92. The molecule has 0 saturated heterocycles. The Balaban J connectivity index is 2.38. The molecule has 16 heavy (non-hydrogen) atoms. The first-order chi connectivity index (χ1) is 7.58. The van der Waals surface area contributed by atoms with Crippen LogP contribution in [0.3, 0.4) is 0 Å². The summed E-state index contributed by atoms with van der Waals surface area (Å²) < 4.78 is 18.7. The Morgan fingerprint density at radius 3 is 2.62 bits per heavy atom. The van der Waals surface area contributed by atoms with Crippen LogP contribution in [0, 0.1) is 12.7 Å². The van der Waals surface area contributed by atoms with Gasteiger partial charge in [0.25, 0.3) is 0 Å². The lowest BCUT2D eigenvalue weighted by Gasteiger charge is -2.00. The molecule has 0 saturated carbocycles. The van der Waals surface area contributed by atoms with Gasteiger partial charge in [0.15, 0.2) is 10.4 Å². The van der Waals surface area contributed by atoms with E-state index in [-0.39, 0.29) is 17.4 Å². The lowest BCUT2D eigenvalue weighted by atomic mass is 10.1. The largest absolute Gasteiger partial charge is 0.446 e. The van der Waals surface area contributed by atoms with Crippen molar-refractivity contribution in [2.45, 2.75) is 6.92 Å². The summed E-state index contributed by atoms with van der Waals surface area (Å²) in [4.78, 5) is 11.9. The van der Waals surface area contributed by atoms with E-state index in [2.05, 4.69) is 15.9 Å². The molecule has 82 valence electrons. The Hall–Kier alpha value is -1.42. The van der Waals surface area contributed by atoms with Gasteiger partial charge in [-0.15, -0.1) is 0 Å². The maximum Gasteiger partial charge on any atom is 0.228 e. The highest BCUT2D eigenvalue weighted by molar-refractivity contribution is 9.10. The second-order valence-corrected chi connectivity index (χ2v) is 4.18. The van der Waals surface area contributed by atoms with Crippen molar-refractivity contribution in [3.63, 3.8) is 0 Å². The van der Waals surface area contributed by atoms with E-state index in [0.717, 1.165) is 0 Å². The zero-order valence-electron chi connectivity index (χ0n) is 8.46. The minimum absolute atomic E-state index is 0.234. The van der Waals surface area contributed by atoms with Gasteiger partial charge in [0.1, 0.15) is 5.82 Å². The topological polar surface area (TPSA) is 30.2 Å². The molecule has 1 aromatic heterocycles. The molecule has 0 radical (unpaired) electrons. The van der Waals surface area contributed by atoms with Gasteiger partial charge in [-0.2, -0.15) is 0 Å². The van der Waals surface area contributed by atoms with Gasteiger partial charge < -0.3 is 4.42 Å². The molecule has 0 spiro atoms. The molecule has 4 heteroatoms. The SMILES string of the molecule is Cc1cc(C(=O)c2ccc(Br)o2)ccc1F.